The highest BCUT2D eigenvalue weighted by molar-refractivity contribution is 5.35. The van der Waals surface area contributed by atoms with Crippen molar-refractivity contribution in [2.24, 2.45) is 0 Å². The average Bonchev–Trinajstić information content (AvgIpc) is 3.34. The third-order valence-electron chi connectivity index (χ3n) is 4.48. The highest BCUT2D eigenvalue weighted by atomic mass is 16.5. The van der Waals surface area contributed by atoms with Gasteiger partial charge < -0.3 is 9.84 Å². The second-order valence-corrected chi connectivity index (χ2v) is 6.05. The van der Waals surface area contributed by atoms with Crippen molar-refractivity contribution in [2.45, 2.75) is 31.9 Å². The first kappa shape index (κ1) is 14.8. The Morgan fingerprint density at radius 3 is 2.57 bits per heavy atom. The zero-order valence-corrected chi connectivity index (χ0v) is 12.9. The molecule has 4 nitrogen and oxygen atoms in total. The van der Waals surface area contributed by atoms with Gasteiger partial charge in [0.2, 0.25) is 0 Å². The van der Waals surface area contributed by atoms with Crippen molar-refractivity contribution in [3.05, 3.63) is 29.8 Å². The SMILES string of the molecule is CCOc1ccccc1C(O)CN1CCN(C2CC2)CC1. The minimum atomic E-state index is -0.472. The summed E-state index contributed by atoms with van der Waals surface area (Å²) in [6.07, 6.45) is 2.29. The van der Waals surface area contributed by atoms with Gasteiger partial charge in [-0.15, -0.1) is 0 Å². The number of β-amino-alcohol motifs (C(OH)–C–C–N with tert-alkyl or cyclic N) is 1. The fourth-order valence-electron chi connectivity index (χ4n) is 3.14. The topological polar surface area (TPSA) is 35.9 Å². The average molecular weight is 290 g/mol. The Bertz CT molecular complexity index is 454. The van der Waals surface area contributed by atoms with Crippen LogP contribution in [0.15, 0.2) is 24.3 Å². The first-order valence-corrected chi connectivity index (χ1v) is 8.14. The molecule has 2 aliphatic rings. The maximum atomic E-state index is 10.5. The lowest BCUT2D eigenvalue weighted by molar-refractivity contribution is 0.0686. The molecule has 0 bridgehead atoms. The fourth-order valence-corrected chi connectivity index (χ4v) is 3.14. The molecule has 1 saturated heterocycles. The van der Waals surface area contributed by atoms with Crippen molar-refractivity contribution in [1.82, 2.24) is 9.80 Å². The van der Waals surface area contributed by atoms with Crippen LogP contribution in [0, 0.1) is 0 Å². The molecule has 0 amide bonds. The van der Waals surface area contributed by atoms with E-state index in [1.165, 1.54) is 12.8 Å². The molecule has 1 N–H and O–H groups in total. The van der Waals surface area contributed by atoms with Gasteiger partial charge in [-0.25, -0.2) is 0 Å². The molecule has 1 heterocycles. The summed E-state index contributed by atoms with van der Waals surface area (Å²) >= 11 is 0. The summed E-state index contributed by atoms with van der Waals surface area (Å²) in [4.78, 5) is 4.96. The normalized spacial score (nSPS) is 22.2. The summed E-state index contributed by atoms with van der Waals surface area (Å²) in [6.45, 7) is 7.70. The summed E-state index contributed by atoms with van der Waals surface area (Å²) in [5, 5.41) is 10.5. The molecule has 3 rings (SSSR count). The van der Waals surface area contributed by atoms with E-state index >= 15 is 0 Å². The van der Waals surface area contributed by atoms with Crippen LogP contribution in [0.3, 0.4) is 0 Å². The summed E-state index contributed by atoms with van der Waals surface area (Å²) in [5.41, 5.74) is 0.906. The minimum absolute atomic E-state index is 0.472. The lowest BCUT2D eigenvalue weighted by atomic mass is 10.1. The zero-order chi connectivity index (χ0) is 14.7. The van der Waals surface area contributed by atoms with Gasteiger partial charge in [0, 0.05) is 44.3 Å². The zero-order valence-electron chi connectivity index (χ0n) is 12.9. The van der Waals surface area contributed by atoms with Crippen LogP contribution in [0.2, 0.25) is 0 Å². The Hall–Kier alpha value is -1.10. The third kappa shape index (κ3) is 3.76. The van der Waals surface area contributed by atoms with Gasteiger partial charge in [-0.3, -0.25) is 9.80 Å². The Morgan fingerprint density at radius 2 is 1.90 bits per heavy atom. The summed E-state index contributed by atoms with van der Waals surface area (Å²) in [5.74, 6) is 0.809. The standard InChI is InChI=1S/C17H26N2O2/c1-2-21-17-6-4-3-5-15(17)16(20)13-18-9-11-19(12-10-18)14-7-8-14/h3-6,14,16,20H,2,7-13H2,1H3. The molecule has 1 aromatic rings. The Balaban J connectivity index is 1.55. The smallest absolute Gasteiger partial charge is 0.125 e. The van der Waals surface area contributed by atoms with E-state index in [1.54, 1.807) is 0 Å². The van der Waals surface area contributed by atoms with Crippen LogP contribution in [0.25, 0.3) is 0 Å². The molecule has 2 fully saturated rings. The maximum absolute atomic E-state index is 10.5. The number of piperazine rings is 1. The number of hydrogen-bond acceptors (Lipinski definition) is 4. The van der Waals surface area contributed by atoms with Crippen molar-refractivity contribution in [3.8, 4) is 5.75 Å². The van der Waals surface area contributed by atoms with Gasteiger partial charge in [-0.2, -0.15) is 0 Å². The Morgan fingerprint density at radius 1 is 1.19 bits per heavy atom. The van der Waals surface area contributed by atoms with Gasteiger partial charge in [-0.05, 0) is 25.8 Å². The predicted molar refractivity (Wildman–Crippen MR) is 83.6 cm³/mol. The van der Waals surface area contributed by atoms with E-state index in [0.717, 1.165) is 43.5 Å². The van der Waals surface area contributed by atoms with Gasteiger partial charge in [0.1, 0.15) is 5.75 Å². The number of aliphatic hydroxyl groups excluding tert-OH is 1. The van der Waals surface area contributed by atoms with E-state index in [9.17, 15) is 5.11 Å². The highest BCUT2D eigenvalue weighted by Gasteiger charge is 2.31. The van der Waals surface area contributed by atoms with Crippen LogP contribution < -0.4 is 4.74 Å². The lowest BCUT2D eigenvalue weighted by Gasteiger charge is -2.35. The maximum Gasteiger partial charge on any atom is 0.125 e. The molecule has 1 aromatic carbocycles. The van der Waals surface area contributed by atoms with Crippen LogP contribution in [0.1, 0.15) is 31.4 Å². The van der Waals surface area contributed by atoms with Gasteiger partial charge >= 0.3 is 0 Å². The van der Waals surface area contributed by atoms with Crippen LogP contribution >= 0.6 is 0 Å². The lowest BCUT2D eigenvalue weighted by Crippen LogP contribution is -2.48. The predicted octanol–water partition coefficient (Wildman–Crippen LogP) is 1.90. The van der Waals surface area contributed by atoms with Crippen molar-refractivity contribution in [1.29, 1.82) is 0 Å². The molecular formula is C17H26N2O2. The van der Waals surface area contributed by atoms with Crippen LogP contribution in [-0.4, -0.2) is 60.3 Å². The quantitative estimate of drug-likeness (QED) is 0.868. The minimum Gasteiger partial charge on any atom is -0.493 e. The molecule has 1 aliphatic carbocycles. The number of hydrogen-bond donors (Lipinski definition) is 1. The summed E-state index contributed by atoms with van der Waals surface area (Å²) in [7, 11) is 0. The fraction of sp³-hybridized carbons (Fsp3) is 0.647. The number of rotatable bonds is 6. The molecule has 1 aliphatic heterocycles. The molecule has 116 valence electrons. The van der Waals surface area contributed by atoms with Crippen molar-refractivity contribution < 1.29 is 9.84 Å². The van der Waals surface area contributed by atoms with Crippen LogP contribution in [0.4, 0.5) is 0 Å². The monoisotopic (exact) mass is 290 g/mol. The molecule has 1 atom stereocenters. The van der Waals surface area contributed by atoms with Gasteiger partial charge in [0.05, 0.1) is 12.7 Å². The van der Waals surface area contributed by atoms with Gasteiger partial charge in [0.15, 0.2) is 0 Å². The van der Waals surface area contributed by atoms with Crippen LogP contribution in [0.5, 0.6) is 5.75 Å². The summed E-state index contributed by atoms with van der Waals surface area (Å²) in [6, 6.07) is 8.68. The van der Waals surface area contributed by atoms with E-state index < -0.39 is 6.10 Å². The third-order valence-corrected chi connectivity index (χ3v) is 4.48. The summed E-state index contributed by atoms with van der Waals surface area (Å²) < 4.78 is 5.62. The van der Waals surface area contributed by atoms with Crippen molar-refractivity contribution in [2.75, 3.05) is 39.3 Å². The first-order chi connectivity index (χ1) is 10.3. The van der Waals surface area contributed by atoms with E-state index in [1.807, 2.05) is 31.2 Å². The Kier molecular flexibility index (Phi) is 4.78. The molecule has 1 saturated carbocycles. The van der Waals surface area contributed by atoms with Crippen molar-refractivity contribution in [3.63, 3.8) is 0 Å². The van der Waals surface area contributed by atoms with E-state index in [4.69, 9.17) is 4.74 Å². The highest BCUT2D eigenvalue weighted by Crippen LogP contribution is 2.29. The molecule has 1 unspecified atom stereocenters. The second kappa shape index (κ2) is 6.77. The number of para-hydroxylation sites is 1. The molecular weight excluding hydrogens is 264 g/mol. The molecule has 0 radical (unpaired) electrons. The molecule has 4 heteroatoms. The van der Waals surface area contributed by atoms with E-state index in [-0.39, 0.29) is 0 Å². The van der Waals surface area contributed by atoms with Gasteiger partial charge in [0.25, 0.3) is 0 Å². The van der Waals surface area contributed by atoms with E-state index in [2.05, 4.69) is 9.80 Å². The number of aliphatic hydroxyl groups is 1. The van der Waals surface area contributed by atoms with Crippen molar-refractivity contribution >= 4 is 0 Å². The molecule has 0 aromatic heterocycles. The largest absolute Gasteiger partial charge is 0.493 e. The van der Waals surface area contributed by atoms with Crippen LogP contribution in [-0.2, 0) is 0 Å². The Labute approximate surface area is 127 Å². The second-order valence-electron chi connectivity index (χ2n) is 6.05. The van der Waals surface area contributed by atoms with Gasteiger partial charge in [-0.1, -0.05) is 18.2 Å². The number of ether oxygens (including phenoxy) is 1. The number of benzene rings is 1. The number of nitrogens with zero attached hydrogens (tertiary/aromatic N) is 2. The molecule has 0 spiro atoms. The first-order valence-electron chi connectivity index (χ1n) is 8.14. The molecule has 21 heavy (non-hydrogen) atoms. The van der Waals surface area contributed by atoms with E-state index in [0.29, 0.717) is 13.2 Å².